The number of hydrogen-bond acceptors (Lipinski definition) is 3. The first-order chi connectivity index (χ1) is 15.0. The first kappa shape index (κ1) is 19.9. The molecule has 5 nitrogen and oxygen atoms in total. The number of aromatic nitrogens is 1. The Labute approximate surface area is 177 Å². The number of nitrogens with zero attached hydrogens (tertiary/aromatic N) is 1. The third kappa shape index (κ3) is 3.64. The molecule has 3 aromatic rings. The summed E-state index contributed by atoms with van der Waals surface area (Å²) >= 11 is 0. The number of carbonyl (C=O) groups is 1. The van der Waals surface area contributed by atoms with Crippen LogP contribution in [0.15, 0.2) is 42.5 Å². The van der Waals surface area contributed by atoms with Gasteiger partial charge in [-0.3, -0.25) is 4.90 Å². The molecule has 0 bridgehead atoms. The summed E-state index contributed by atoms with van der Waals surface area (Å²) in [6.07, 6.45) is 2.86. The topological polar surface area (TPSA) is 65.6 Å². The van der Waals surface area contributed by atoms with E-state index in [4.69, 9.17) is 9.84 Å². The SMILES string of the molecule is O=C(O)/C=C/c1cc(F)c(C2c3[nH]c4ccccc4c3CCN2CC2COC2)c(F)c1. The van der Waals surface area contributed by atoms with Crippen LogP contribution in [0.4, 0.5) is 8.78 Å². The van der Waals surface area contributed by atoms with Gasteiger partial charge in [-0.05, 0) is 41.8 Å². The normalized spacial score (nSPS) is 19.6. The van der Waals surface area contributed by atoms with Crippen molar-refractivity contribution in [2.75, 3.05) is 26.3 Å². The highest BCUT2D eigenvalue weighted by atomic mass is 19.1. The number of hydrogen-bond donors (Lipinski definition) is 2. The lowest BCUT2D eigenvalue weighted by Gasteiger charge is -2.40. The number of aromatic amines is 1. The second kappa shape index (κ2) is 7.90. The summed E-state index contributed by atoms with van der Waals surface area (Å²) in [6, 6.07) is 9.71. The maximum Gasteiger partial charge on any atom is 0.328 e. The number of carboxylic acids is 1. The van der Waals surface area contributed by atoms with E-state index in [1.54, 1.807) is 0 Å². The fourth-order valence-electron chi connectivity index (χ4n) is 4.66. The van der Waals surface area contributed by atoms with Gasteiger partial charge in [0.2, 0.25) is 0 Å². The van der Waals surface area contributed by atoms with E-state index in [0.29, 0.717) is 32.2 Å². The predicted molar refractivity (Wildman–Crippen MR) is 113 cm³/mol. The van der Waals surface area contributed by atoms with Crippen molar-refractivity contribution in [3.05, 3.63) is 76.5 Å². The largest absolute Gasteiger partial charge is 0.478 e. The third-order valence-electron chi connectivity index (χ3n) is 6.13. The highest BCUT2D eigenvalue weighted by molar-refractivity contribution is 5.86. The lowest BCUT2D eigenvalue weighted by Crippen LogP contribution is -2.44. The molecule has 0 aliphatic carbocycles. The Kier molecular flexibility index (Phi) is 5.08. The highest BCUT2D eigenvalue weighted by Gasteiger charge is 2.37. The minimum Gasteiger partial charge on any atom is -0.478 e. The van der Waals surface area contributed by atoms with E-state index in [1.165, 1.54) is 18.2 Å². The molecular weight excluding hydrogens is 402 g/mol. The van der Waals surface area contributed by atoms with Gasteiger partial charge in [-0.2, -0.15) is 0 Å². The molecule has 2 N–H and O–H groups in total. The van der Waals surface area contributed by atoms with Gasteiger partial charge in [0.25, 0.3) is 0 Å². The lowest BCUT2D eigenvalue weighted by atomic mass is 9.90. The Morgan fingerprint density at radius 2 is 1.97 bits per heavy atom. The summed E-state index contributed by atoms with van der Waals surface area (Å²) in [5.41, 5.74) is 3.02. The minimum absolute atomic E-state index is 0.0137. The molecule has 0 amide bonds. The van der Waals surface area contributed by atoms with Crippen molar-refractivity contribution in [3.8, 4) is 0 Å². The Morgan fingerprint density at radius 1 is 1.23 bits per heavy atom. The van der Waals surface area contributed by atoms with Crippen molar-refractivity contribution >= 4 is 22.9 Å². The van der Waals surface area contributed by atoms with Gasteiger partial charge in [-0.15, -0.1) is 0 Å². The maximum atomic E-state index is 15.3. The third-order valence-corrected chi connectivity index (χ3v) is 6.13. The Hall–Kier alpha value is -3.03. The second-order valence-corrected chi connectivity index (χ2v) is 8.18. The van der Waals surface area contributed by atoms with E-state index < -0.39 is 23.6 Å². The molecule has 0 radical (unpaired) electrons. The number of carboxylic acid groups (broad SMARTS) is 1. The van der Waals surface area contributed by atoms with Gasteiger partial charge in [0.05, 0.1) is 19.3 Å². The van der Waals surface area contributed by atoms with Crippen LogP contribution >= 0.6 is 0 Å². The molecular formula is C24H22F2N2O3. The van der Waals surface area contributed by atoms with Crippen LogP contribution < -0.4 is 0 Å². The van der Waals surface area contributed by atoms with Crippen LogP contribution in [-0.4, -0.2) is 47.3 Å². The van der Waals surface area contributed by atoms with Crippen molar-refractivity contribution in [2.24, 2.45) is 5.92 Å². The van der Waals surface area contributed by atoms with Crippen molar-refractivity contribution in [2.45, 2.75) is 12.5 Å². The Bertz CT molecular complexity index is 1160. The molecule has 3 heterocycles. The smallest absolute Gasteiger partial charge is 0.328 e. The second-order valence-electron chi connectivity index (χ2n) is 8.18. The maximum absolute atomic E-state index is 15.3. The standard InChI is InChI=1S/C24H22F2N2O3/c25-18-9-14(5-6-21(29)30)10-19(26)22(18)24-23-17(16-3-1-2-4-20(16)27-23)7-8-28(24)11-15-12-31-13-15/h1-6,9-10,15,24,27H,7-8,11-13H2,(H,29,30)/b6-5+. The average molecular weight is 424 g/mol. The molecule has 7 heteroatoms. The van der Waals surface area contributed by atoms with Crippen LogP contribution in [-0.2, 0) is 16.0 Å². The molecule has 1 atom stereocenters. The van der Waals surface area contributed by atoms with E-state index in [1.807, 2.05) is 24.3 Å². The molecule has 1 saturated heterocycles. The first-order valence-corrected chi connectivity index (χ1v) is 10.3. The van der Waals surface area contributed by atoms with Crippen LogP contribution in [0, 0.1) is 17.6 Å². The van der Waals surface area contributed by atoms with Crippen LogP contribution in [0.3, 0.4) is 0 Å². The molecule has 0 saturated carbocycles. The molecule has 5 rings (SSSR count). The Morgan fingerprint density at radius 3 is 2.65 bits per heavy atom. The molecule has 31 heavy (non-hydrogen) atoms. The molecule has 160 valence electrons. The molecule has 0 spiro atoms. The van der Waals surface area contributed by atoms with Crippen molar-refractivity contribution in [3.63, 3.8) is 0 Å². The number of rotatable bonds is 5. The fraction of sp³-hybridized carbons (Fsp3) is 0.292. The molecule has 2 aliphatic heterocycles. The zero-order valence-electron chi connectivity index (χ0n) is 16.8. The van der Waals surface area contributed by atoms with Gasteiger partial charge in [0.15, 0.2) is 0 Å². The van der Waals surface area contributed by atoms with Crippen molar-refractivity contribution in [1.29, 1.82) is 0 Å². The highest BCUT2D eigenvalue weighted by Crippen LogP contribution is 2.41. The number of aliphatic carboxylic acids is 1. The summed E-state index contributed by atoms with van der Waals surface area (Å²) in [6.45, 7) is 2.70. The Balaban J connectivity index is 1.62. The van der Waals surface area contributed by atoms with Gasteiger partial charge < -0.3 is 14.8 Å². The first-order valence-electron chi connectivity index (χ1n) is 10.3. The van der Waals surface area contributed by atoms with E-state index >= 15 is 8.78 Å². The molecule has 1 fully saturated rings. The van der Waals surface area contributed by atoms with Crippen LogP contribution in [0.1, 0.15) is 28.4 Å². The van der Waals surface area contributed by atoms with E-state index in [-0.39, 0.29) is 11.1 Å². The predicted octanol–water partition coefficient (Wildman–Crippen LogP) is 4.14. The monoisotopic (exact) mass is 424 g/mol. The van der Waals surface area contributed by atoms with E-state index in [9.17, 15) is 4.79 Å². The molecule has 1 aromatic heterocycles. The number of fused-ring (bicyclic) bond motifs is 3. The van der Waals surface area contributed by atoms with Gasteiger partial charge in [0.1, 0.15) is 11.6 Å². The zero-order valence-corrected chi connectivity index (χ0v) is 16.8. The number of H-pyrrole nitrogens is 1. The summed E-state index contributed by atoms with van der Waals surface area (Å²) in [5.74, 6) is -2.20. The number of ether oxygens (including phenoxy) is 1. The molecule has 2 aromatic carbocycles. The van der Waals surface area contributed by atoms with Gasteiger partial charge in [-0.1, -0.05) is 18.2 Å². The summed E-state index contributed by atoms with van der Waals surface area (Å²) in [4.78, 5) is 16.3. The van der Waals surface area contributed by atoms with Crippen LogP contribution in [0.5, 0.6) is 0 Å². The number of para-hydroxylation sites is 1. The van der Waals surface area contributed by atoms with Crippen LogP contribution in [0.25, 0.3) is 17.0 Å². The van der Waals surface area contributed by atoms with Gasteiger partial charge in [-0.25, -0.2) is 13.6 Å². The summed E-state index contributed by atoms with van der Waals surface area (Å²) in [5, 5.41) is 9.88. The molecule has 1 unspecified atom stereocenters. The lowest BCUT2D eigenvalue weighted by molar-refractivity contribution is -0.131. The average Bonchev–Trinajstić information content (AvgIpc) is 3.08. The number of benzene rings is 2. The molecule has 2 aliphatic rings. The summed E-state index contributed by atoms with van der Waals surface area (Å²) in [7, 11) is 0. The van der Waals surface area contributed by atoms with Crippen molar-refractivity contribution in [1.82, 2.24) is 9.88 Å². The van der Waals surface area contributed by atoms with E-state index in [2.05, 4.69) is 9.88 Å². The van der Waals surface area contributed by atoms with Gasteiger partial charge in [0, 0.05) is 47.2 Å². The quantitative estimate of drug-likeness (QED) is 0.605. The van der Waals surface area contributed by atoms with Crippen LogP contribution in [0.2, 0.25) is 0 Å². The fourth-order valence-corrected chi connectivity index (χ4v) is 4.66. The van der Waals surface area contributed by atoms with E-state index in [0.717, 1.165) is 34.7 Å². The zero-order chi connectivity index (χ0) is 21.5. The number of halogens is 2. The summed E-state index contributed by atoms with van der Waals surface area (Å²) < 4.78 is 35.9. The van der Waals surface area contributed by atoms with Crippen molar-refractivity contribution < 1.29 is 23.4 Å². The minimum atomic E-state index is -1.17. The van der Waals surface area contributed by atoms with Gasteiger partial charge >= 0.3 is 5.97 Å². The number of nitrogens with one attached hydrogen (secondary N) is 1.